The van der Waals surface area contributed by atoms with Crippen LogP contribution in [-0.2, 0) is 35.1 Å². The van der Waals surface area contributed by atoms with Crippen molar-refractivity contribution in [2.45, 2.75) is 142 Å². The zero-order chi connectivity index (χ0) is 42.0. The summed E-state index contributed by atoms with van der Waals surface area (Å²) in [6.45, 7) is 16.5. The van der Waals surface area contributed by atoms with Crippen LogP contribution in [0.1, 0.15) is 93.1 Å². The summed E-state index contributed by atoms with van der Waals surface area (Å²) in [5, 5.41) is 16.2. The Hall–Kier alpha value is -3.26. The molecule has 2 aliphatic rings. The normalized spacial score (nSPS) is 25.2. The van der Waals surface area contributed by atoms with Gasteiger partial charge in [0.1, 0.15) is 6.04 Å². The van der Waals surface area contributed by atoms with E-state index in [1.807, 2.05) is 39.1 Å². The van der Waals surface area contributed by atoms with Gasteiger partial charge >= 0.3 is 0 Å². The smallest absolute Gasteiger partial charge is 0.245 e. The van der Waals surface area contributed by atoms with Crippen LogP contribution >= 0.6 is 0 Å². The van der Waals surface area contributed by atoms with E-state index in [0.717, 1.165) is 24.8 Å². The first kappa shape index (κ1) is 47.1. The van der Waals surface area contributed by atoms with E-state index in [1.165, 1.54) is 0 Å². The van der Waals surface area contributed by atoms with Gasteiger partial charge in [-0.05, 0) is 74.1 Å². The van der Waals surface area contributed by atoms with E-state index in [-0.39, 0.29) is 66.5 Å². The predicted molar refractivity (Wildman–Crippen MR) is 220 cm³/mol. The van der Waals surface area contributed by atoms with Crippen LogP contribution in [0, 0.1) is 29.6 Å². The highest BCUT2D eigenvalue weighted by molar-refractivity contribution is 5.90. The van der Waals surface area contributed by atoms with Gasteiger partial charge in [0.05, 0.1) is 55.3 Å². The van der Waals surface area contributed by atoms with Crippen LogP contribution in [-0.4, -0.2) is 133 Å². The lowest BCUT2D eigenvalue weighted by Gasteiger charge is -2.41. The molecule has 1 aromatic rings. The molecule has 13 nitrogen and oxygen atoms in total. The number of likely N-dealkylation sites (tertiary alicyclic amines) is 2. The van der Waals surface area contributed by atoms with Crippen molar-refractivity contribution < 1.29 is 33.8 Å². The number of ether oxygens (including phenoxy) is 2. The van der Waals surface area contributed by atoms with Gasteiger partial charge in [0.15, 0.2) is 0 Å². The standard InChI is InChI=1S/C43H74N6O7/c1-13-26(5)38(48(10)43(54)37(25(3)4)46-42(53)39-28(7)27(6)33(14-2)47(39)9)35(55-11)23-36(51)49-20-16-19-34(49)40(56-12)29(8)41(52)45-32(24-50)22-30-17-15-18-31(44)21-30/h15,17-18,21,25-29,32-35,37-40,50H,13-14,16,19-20,22-24,44H2,1-12H3,(H,45,52)(H,46,53)/t26-,27-,28?,29+,32-,33?,34-,35+,37-,38?,39-,40+/m0/s1. The molecule has 0 bridgehead atoms. The van der Waals surface area contributed by atoms with E-state index in [0.29, 0.717) is 37.0 Å². The van der Waals surface area contributed by atoms with Gasteiger partial charge in [0.25, 0.3) is 0 Å². The van der Waals surface area contributed by atoms with E-state index in [1.54, 1.807) is 44.1 Å². The van der Waals surface area contributed by atoms with Gasteiger partial charge in [-0.2, -0.15) is 0 Å². The van der Waals surface area contributed by atoms with Crippen LogP contribution in [0.5, 0.6) is 0 Å². The Labute approximate surface area is 336 Å². The van der Waals surface area contributed by atoms with Crippen LogP contribution in [0.3, 0.4) is 0 Å². The molecular weight excluding hydrogens is 713 g/mol. The van der Waals surface area contributed by atoms with Gasteiger partial charge in [-0.25, -0.2) is 0 Å². The number of hydrogen-bond donors (Lipinski definition) is 4. The Morgan fingerprint density at radius 2 is 1.71 bits per heavy atom. The van der Waals surface area contributed by atoms with Gasteiger partial charge in [0.2, 0.25) is 23.6 Å². The van der Waals surface area contributed by atoms with Gasteiger partial charge in [-0.15, -0.1) is 0 Å². The molecular formula is C43H74N6O7. The number of likely N-dealkylation sites (N-methyl/N-ethyl adjacent to an activating group) is 2. The first-order valence-corrected chi connectivity index (χ1v) is 20.9. The maximum absolute atomic E-state index is 14.4. The molecule has 318 valence electrons. The predicted octanol–water partition coefficient (Wildman–Crippen LogP) is 3.71. The quantitative estimate of drug-likeness (QED) is 0.144. The van der Waals surface area contributed by atoms with Gasteiger partial charge in [-0.3, -0.25) is 24.1 Å². The topological polar surface area (TPSA) is 167 Å². The number of carbonyl (C=O) groups is 4. The number of aliphatic hydroxyl groups is 1. The molecule has 3 rings (SSSR count). The van der Waals surface area contributed by atoms with Crippen molar-refractivity contribution in [3.63, 3.8) is 0 Å². The van der Waals surface area contributed by atoms with Crippen molar-refractivity contribution in [1.29, 1.82) is 0 Å². The highest BCUT2D eigenvalue weighted by Crippen LogP contribution is 2.36. The van der Waals surface area contributed by atoms with E-state index < -0.39 is 36.3 Å². The molecule has 0 saturated carbocycles. The maximum atomic E-state index is 14.4. The molecule has 2 saturated heterocycles. The Bertz CT molecular complexity index is 1440. The number of benzene rings is 1. The number of aliphatic hydroxyl groups excluding tert-OH is 1. The molecule has 13 heteroatoms. The van der Waals surface area contributed by atoms with Crippen LogP contribution in [0.2, 0.25) is 0 Å². The minimum Gasteiger partial charge on any atom is -0.399 e. The largest absolute Gasteiger partial charge is 0.399 e. The number of anilines is 1. The van der Waals surface area contributed by atoms with Crippen molar-refractivity contribution >= 4 is 29.3 Å². The molecule has 0 aliphatic carbocycles. The Balaban J connectivity index is 1.76. The first-order valence-electron chi connectivity index (χ1n) is 20.9. The molecule has 0 aromatic heterocycles. The van der Waals surface area contributed by atoms with E-state index in [4.69, 9.17) is 15.2 Å². The van der Waals surface area contributed by atoms with Crippen LogP contribution in [0.15, 0.2) is 24.3 Å². The number of carbonyl (C=O) groups excluding carboxylic acids is 4. The second-order valence-corrected chi connectivity index (χ2v) is 17.0. The summed E-state index contributed by atoms with van der Waals surface area (Å²) in [5.74, 6) is -1.06. The minimum atomic E-state index is -0.752. The summed E-state index contributed by atoms with van der Waals surface area (Å²) < 4.78 is 12.0. The Kier molecular flexibility index (Phi) is 18.1. The van der Waals surface area contributed by atoms with Gasteiger partial charge in [0, 0.05) is 39.5 Å². The van der Waals surface area contributed by atoms with E-state index >= 15 is 0 Å². The average Bonchev–Trinajstić information content (AvgIpc) is 3.73. The Morgan fingerprint density at radius 3 is 2.25 bits per heavy atom. The summed E-state index contributed by atoms with van der Waals surface area (Å²) in [7, 11) is 6.88. The van der Waals surface area contributed by atoms with Crippen molar-refractivity contribution in [2.75, 3.05) is 47.2 Å². The number of hydrogen-bond acceptors (Lipinski definition) is 9. The van der Waals surface area contributed by atoms with Crippen molar-refractivity contribution in [3.8, 4) is 0 Å². The number of nitrogens with two attached hydrogens (primary N) is 1. The third kappa shape index (κ3) is 11.0. The SMILES string of the molecule is CCC1[C@@H](C)C(C)[C@@H](C(=O)N[C@H](C(=O)N(C)C([C@@H](C)CC)[C@@H](CC(=O)N2CCC[C@H]2[C@H](OC)[C@@H](C)C(=O)N[C@H](CO)Cc2cccc(N)c2)OC)C(C)C)N1C. The van der Waals surface area contributed by atoms with Gasteiger partial charge < -0.3 is 40.7 Å². The summed E-state index contributed by atoms with van der Waals surface area (Å²) in [6.07, 6.45) is 2.35. The zero-order valence-corrected chi connectivity index (χ0v) is 36.3. The fraction of sp³-hybridized carbons (Fsp3) is 0.767. The fourth-order valence-electron chi connectivity index (χ4n) is 9.45. The molecule has 4 amide bonds. The third-order valence-corrected chi connectivity index (χ3v) is 13.1. The molecule has 1 aromatic carbocycles. The number of methoxy groups -OCH3 is 2. The molecule has 56 heavy (non-hydrogen) atoms. The molecule has 3 unspecified atom stereocenters. The minimum absolute atomic E-state index is 0.0195. The number of amides is 4. The molecule has 2 fully saturated rings. The second kappa shape index (κ2) is 21.5. The maximum Gasteiger partial charge on any atom is 0.245 e. The molecule has 5 N–H and O–H groups in total. The number of nitrogens with one attached hydrogen (secondary N) is 2. The lowest BCUT2D eigenvalue weighted by atomic mass is 9.88. The summed E-state index contributed by atoms with van der Waals surface area (Å²) in [4.78, 5) is 61.7. The highest BCUT2D eigenvalue weighted by Gasteiger charge is 2.47. The average molecular weight is 787 g/mol. The summed E-state index contributed by atoms with van der Waals surface area (Å²) in [6, 6.07) is 5.26. The van der Waals surface area contributed by atoms with Crippen molar-refractivity contribution in [3.05, 3.63) is 29.8 Å². The van der Waals surface area contributed by atoms with Crippen molar-refractivity contribution in [2.24, 2.45) is 29.6 Å². The summed E-state index contributed by atoms with van der Waals surface area (Å²) >= 11 is 0. The van der Waals surface area contributed by atoms with Crippen molar-refractivity contribution in [1.82, 2.24) is 25.3 Å². The molecule has 0 spiro atoms. The first-order chi connectivity index (χ1) is 26.5. The number of nitrogen functional groups attached to an aromatic ring is 1. The van der Waals surface area contributed by atoms with E-state index in [2.05, 4.69) is 50.2 Å². The third-order valence-electron chi connectivity index (χ3n) is 13.1. The fourth-order valence-corrected chi connectivity index (χ4v) is 9.45. The Morgan fingerprint density at radius 1 is 1.04 bits per heavy atom. The van der Waals surface area contributed by atoms with E-state index in [9.17, 15) is 24.3 Å². The molecule has 2 heterocycles. The molecule has 0 radical (unpaired) electrons. The second-order valence-electron chi connectivity index (χ2n) is 17.0. The highest BCUT2D eigenvalue weighted by atomic mass is 16.5. The molecule has 12 atom stereocenters. The monoisotopic (exact) mass is 787 g/mol. The zero-order valence-electron chi connectivity index (χ0n) is 36.3. The summed E-state index contributed by atoms with van der Waals surface area (Å²) in [5.41, 5.74) is 7.45. The van der Waals surface area contributed by atoms with Crippen LogP contribution < -0.4 is 16.4 Å². The number of rotatable bonds is 20. The molecule has 2 aliphatic heterocycles. The lowest BCUT2D eigenvalue weighted by Crippen LogP contribution is -2.59. The lowest BCUT2D eigenvalue weighted by molar-refractivity contribution is -0.148. The number of nitrogens with zero attached hydrogens (tertiary/aromatic N) is 3. The van der Waals surface area contributed by atoms with Crippen LogP contribution in [0.25, 0.3) is 0 Å². The van der Waals surface area contributed by atoms with Crippen LogP contribution in [0.4, 0.5) is 5.69 Å². The van der Waals surface area contributed by atoms with Gasteiger partial charge in [-0.1, -0.05) is 73.9 Å².